The highest BCUT2D eigenvalue weighted by Crippen LogP contribution is 2.16. The van der Waals surface area contributed by atoms with Crippen LogP contribution in [0.15, 0.2) is 54.6 Å². The normalized spacial score (nSPS) is 11.4. The predicted molar refractivity (Wildman–Crippen MR) is 91.9 cm³/mol. The molecule has 0 unspecified atom stereocenters. The zero-order valence-corrected chi connectivity index (χ0v) is 14.3. The number of para-hydroxylation sites is 1. The van der Waals surface area contributed by atoms with Crippen LogP contribution in [0.2, 0.25) is 0 Å². The molecule has 136 valence electrons. The Hall–Kier alpha value is -3.19. The number of benzene rings is 2. The molecule has 2 rings (SSSR count). The number of carboxylic acids is 1. The number of carboxylic acid groups (broad SMARTS) is 1. The van der Waals surface area contributed by atoms with E-state index in [0.717, 1.165) is 5.56 Å². The van der Waals surface area contributed by atoms with Crippen molar-refractivity contribution in [2.45, 2.75) is 19.0 Å². The molecule has 2 aromatic carbocycles. The van der Waals surface area contributed by atoms with E-state index in [1.54, 1.807) is 18.2 Å². The van der Waals surface area contributed by atoms with Gasteiger partial charge in [0, 0.05) is 5.56 Å². The molecular formula is C19H20N2O5. The summed E-state index contributed by atoms with van der Waals surface area (Å²) in [5.41, 5.74) is 1.40. The van der Waals surface area contributed by atoms with Gasteiger partial charge in [0.1, 0.15) is 12.6 Å². The summed E-state index contributed by atoms with van der Waals surface area (Å²) in [6.45, 7) is 0.408. The van der Waals surface area contributed by atoms with Crippen molar-refractivity contribution in [1.29, 1.82) is 0 Å². The zero-order chi connectivity index (χ0) is 18.9. The number of rotatable bonds is 8. The number of methoxy groups -OCH3 is 1. The molecule has 0 aliphatic heterocycles. The van der Waals surface area contributed by atoms with E-state index in [1.165, 1.54) is 18.5 Å². The third-order valence-electron chi connectivity index (χ3n) is 3.80. The maximum Gasteiger partial charge on any atom is 0.339 e. The van der Waals surface area contributed by atoms with E-state index in [1.807, 2.05) is 30.3 Å². The number of quaternary nitrogens is 1. The van der Waals surface area contributed by atoms with E-state index in [0.29, 0.717) is 6.54 Å². The highest BCUT2D eigenvalue weighted by atomic mass is 16.5. The monoisotopic (exact) mass is 356 g/mol. The average molecular weight is 356 g/mol. The van der Waals surface area contributed by atoms with Crippen LogP contribution in [0.25, 0.3) is 0 Å². The minimum Gasteiger partial charge on any atom is -0.544 e. The molecule has 0 radical (unpaired) electrons. The first-order chi connectivity index (χ1) is 12.5. The van der Waals surface area contributed by atoms with Crippen molar-refractivity contribution in [1.82, 2.24) is 0 Å². The highest BCUT2D eigenvalue weighted by molar-refractivity contribution is 6.01. The van der Waals surface area contributed by atoms with Crippen LogP contribution in [0.3, 0.4) is 0 Å². The lowest BCUT2D eigenvalue weighted by atomic mass is 10.1. The molecule has 3 N–H and O–H groups in total. The Morgan fingerprint density at radius 1 is 1.08 bits per heavy atom. The second kappa shape index (κ2) is 9.33. The van der Waals surface area contributed by atoms with Crippen LogP contribution >= 0.6 is 0 Å². The second-order valence-electron chi connectivity index (χ2n) is 5.64. The fourth-order valence-electron chi connectivity index (χ4n) is 2.44. The first kappa shape index (κ1) is 19.1. The van der Waals surface area contributed by atoms with E-state index in [2.05, 4.69) is 10.1 Å². The number of aliphatic carboxylic acids is 1. The van der Waals surface area contributed by atoms with Crippen LogP contribution in [0.5, 0.6) is 0 Å². The Morgan fingerprint density at radius 2 is 1.73 bits per heavy atom. The maximum absolute atomic E-state index is 12.2. The molecule has 0 aliphatic rings. The third-order valence-corrected chi connectivity index (χ3v) is 3.80. The van der Waals surface area contributed by atoms with Crippen molar-refractivity contribution in [3.63, 3.8) is 0 Å². The van der Waals surface area contributed by atoms with Crippen molar-refractivity contribution < 1.29 is 29.5 Å². The third kappa shape index (κ3) is 5.42. The topological polar surface area (TPSA) is 112 Å². The number of amides is 1. The van der Waals surface area contributed by atoms with Crippen LogP contribution < -0.4 is 15.7 Å². The molecule has 0 bridgehead atoms. The average Bonchev–Trinajstić information content (AvgIpc) is 2.65. The van der Waals surface area contributed by atoms with E-state index >= 15 is 0 Å². The number of esters is 1. The first-order valence-electron chi connectivity index (χ1n) is 8.06. The molecule has 0 heterocycles. The second-order valence-corrected chi connectivity index (χ2v) is 5.64. The Labute approximate surface area is 151 Å². The molecule has 0 saturated heterocycles. The van der Waals surface area contributed by atoms with Gasteiger partial charge in [-0.1, -0.05) is 42.5 Å². The number of carbonyl (C=O) groups is 3. The molecule has 7 nitrogen and oxygen atoms in total. The number of carbonyl (C=O) groups excluding carboxylic acids is 3. The minimum absolute atomic E-state index is 0.196. The fraction of sp³-hybridized carbons (Fsp3) is 0.211. The van der Waals surface area contributed by atoms with E-state index < -0.39 is 23.9 Å². The molecule has 0 saturated carbocycles. The minimum atomic E-state index is -1.32. The van der Waals surface area contributed by atoms with Gasteiger partial charge in [0.05, 0.1) is 30.8 Å². The van der Waals surface area contributed by atoms with E-state index in [9.17, 15) is 19.5 Å². The number of anilines is 1. The van der Waals surface area contributed by atoms with Gasteiger partial charge in [0.15, 0.2) is 0 Å². The lowest BCUT2D eigenvalue weighted by Gasteiger charge is -2.17. The smallest absolute Gasteiger partial charge is 0.339 e. The van der Waals surface area contributed by atoms with Gasteiger partial charge in [-0.2, -0.15) is 0 Å². The van der Waals surface area contributed by atoms with Gasteiger partial charge in [-0.3, -0.25) is 4.79 Å². The van der Waals surface area contributed by atoms with Crippen molar-refractivity contribution in [3.8, 4) is 0 Å². The summed E-state index contributed by atoms with van der Waals surface area (Å²) >= 11 is 0. The summed E-state index contributed by atoms with van der Waals surface area (Å²) in [7, 11) is 1.24. The van der Waals surface area contributed by atoms with Crippen LogP contribution in [0.4, 0.5) is 5.69 Å². The molecule has 0 fully saturated rings. The molecule has 1 amide bonds. The molecule has 1 atom stereocenters. The largest absolute Gasteiger partial charge is 0.544 e. The van der Waals surface area contributed by atoms with Crippen LogP contribution in [-0.4, -0.2) is 31.0 Å². The van der Waals surface area contributed by atoms with Gasteiger partial charge >= 0.3 is 5.97 Å². The van der Waals surface area contributed by atoms with Crippen molar-refractivity contribution in [3.05, 3.63) is 65.7 Å². The van der Waals surface area contributed by atoms with Crippen molar-refractivity contribution in [2.75, 3.05) is 12.4 Å². The molecule has 7 heteroatoms. The van der Waals surface area contributed by atoms with Crippen LogP contribution in [0.1, 0.15) is 22.3 Å². The predicted octanol–water partition coefficient (Wildman–Crippen LogP) is -0.316. The fourth-order valence-corrected chi connectivity index (χ4v) is 2.44. The SMILES string of the molecule is COC(=O)c1ccccc1NC(=O)C[C@H]([NH2+]Cc1ccccc1)C(=O)[O-]. The number of hydrogen-bond acceptors (Lipinski definition) is 5. The Balaban J connectivity index is 2.00. The summed E-state index contributed by atoms with van der Waals surface area (Å²) in [6.07, 6.45) is -0.287. The van der Waals surface area contributed by atoms with Crippen molar-refractivity contribution in [2.24, 2.45) is 0 Å². The van der Waals surface area contributed by atoms with Crippen LogP contribution in [0, 0.1) is 0 Å². The van der Waals surface area contributed by atoms with Gasteiger partial charge in [0.25, 0.3) is 0 Å². The van der Waals surface area contributed by atoms with Gasteiger partial charge in [0.2, 0.25) is 5.91 Å². The summed E-state index contributed by atoms with van der Waals surface area (Å²) in [6, 6.07) is 14.6. The standard InChI is InChI=1S/C19H20N2O5/c1-26-19(25)14-9-5-6-10-15(14)21-17(22)11-16(18(23)24)20-12-13-7-3-2-4-8-13/h2-10,16,20H,11-12H2,1H3,(H,21,22)(H,23,24)/t16-/m0/s1. The number of nitrogens with one attached hydrogen (secondary N) is 1. The van der Waals surface area contributed by atoms with E-state index in [4.69, 9.17) is 0 Å². The van der Waals surface area contributed by atoms with E-state index in [-0.39, 0.29) is 17.7 Å². The number of hydrogen-bond donors (Lipinski definition) is 2. The van der Waals surface area contributed by atoms with Gasteiger partial charge < -0.3 is 25.3 Å². The molecule has 0 aromatic heterocycles. The Kier molecular flexibility index (Phi) is 6.87. The molecule has 26 heavy (non-hydrogen) atoms. The lowest BCUT2D eigenvalue weighted by Crippen LogP contribution is -2.92. The summed E-state index contributed by atoms with van der Waals surface area (Å²) in [5, 5.41) is 15.4. The summed E-state index contributed by atoms with van der Waals surface area (Å²) in [5.74, 6) is -2.44. The molecular weight excluding hydrogens is 336 g/mol. The maximum atomic E-state index is 12.2. The lowest BCUT2D eigenvalue weighted by molar-refractivity contribution is -0.697. The van der Waals surface area contributed by atoms with Gasteiger partial charge in [-0.15, -0.1) is 0 Å². The van der Waals surface area contributed by atoms with Crippen molar-refractivity contribution >= 4 is 23.5 Å². The number of nitrogens with two attached hydrogens (primary N) is 1. The Morgan fingerprint density at radius 3 is 2.38 bits per heavy atom. The summed E-state index contributed by atoms with van der Waals surface area (Å²) in [4.78, 5) is 35.3. The quantitative estimate of drug-likeness (QED) is 0.630. The van der Waals surface area contributed by atoms with Gasteiger partial charge in [-0.05, 0) is 12.1 Å². The van der Waals surface area contributed by atoms with Crippen LogP contribution in [-0.2, 0) is 20.9 Å². The Bertz CT molecular complexity index is 777. The molecule has 0 spiro atoms. The van der Waals surface area contributed by atoms with Gasteiger partial charge in [-0.25, -0.2) is 4.79 Å². The highest BCUT2D eigenvalue weighted by Gasteiger charge is 2.20. The molecule has 2 aromatic rings. The summed E-state index contributed by atoms with van der Waals surface area (Å²) < 4.78 is 4.66. The first-order valence-corrected chi connectivity index (χ1v) is 8.06. The number of ether oxygens (including phenoxy) is 1. The zero-order valence-electron chi connectivity index (χ0n) is 14.3. The molecule has 0 aliphatic carbocycles.